The third-order valence-corrected chi connectivity index (χ3v) is 5.68. The van der Waals surface area contributed by atoms with Crippen molar-refractivity contribution in [2.75, 3.05) is 39.3 Å². The normalized spacial score (nSPS) is 22.5. The van der Waals surface area contributed by atoms with Crippen molar-refractivity contribution in [3.63, 3.8) is 0 Å². The van der Waals surface area contributed by atoms with Gasteiger partial charge in [-0.1, -0.05) is 22.0 Å². The van der Waals surface area contributed by atoms with Gasteiger partial charge in [0, 0.05) is 30.1 Å². The molecule has 0 amide bonds. The van der Waals surface area contributed by atoms with Gasteiger partial charge in [-0.2, -0.15) is 0 Å². The zero-order valence-electron chi connectivity index (χ0n) is 16.4. The molecule has 158 valence electrons. The third kappa shape index (κ3) is 7.11. The highest BCUT2D eigenvalue weighted by Gasteiger charge is 2.31. The van der Waals surface area contributed by atoms with E-state index in [0.717, 1.165) is 48.7 Å². The molecule has 2 N–H and O–H groups in total. The van der Waals surface area contributed by atoms with E-state index in [4.69, 9.17) is 4.74 Å². The molecular formula is C20H31BrFIN4O. The van der Waals surface area contributed by atoms with E-state index in [0.29, 0.717) is 19.0 Å². The van der Waals surface area contributed by atoms with Crippen molar-refractivity contribution < 1.29 is 9.13 Å². The lowest BCUT2D eigenvalue weighted by atomic mass is 10.1. The van der Waals surface area contributed by atoms with E-state index in [1.807, 2.05) is 12.1 Å². The van der Waals surface area contributed by atoms with Crippen LogP contribution in [0.25, 0.3) is 0 Å². The van der Waals surface area contributed by atoms with E-state index in [2.05, 4.69) is 43.4 Å². The van der Waals surface area contributed by atoms with Crippen molar-refractivity contribution in [2.45, 2.75) is 44.8 Å². The number of aryl methyl sites for hydroxylation is 1. The molecule has 2 unspecified atom stereocenters. The zero-order valence-corrected chi connectivity index (χ0v) is 20.3. The second-order valence-electron chi connectivity index (χ2n) is 7.23. The third-order valence-electron chi connectivity index (χ3n) is 5.19. The van der Waals surface area contributed by atoms with Gasteiger partial charge in [-0.25, -0.2) is 4.39 Å². The molecule has 2 aliphatic rings. The highest BCUT2D eigenvalue weighted by atomic mass is 127. The van der Waals surface area contributed by atoms with Crippen LogP contribution in [-0.2, 0) is 11.2 Å². The molecule has 0 aromatic heterocycles. The van der Waals surface area contributed by atoms with Gasteiger partial charge in [0.05, 0.1) is 19.3 Å². The van der Waals surface area contributed by atoms with Crippen LogP contribution in [0.1, 0.15) is 31.7 Å². The molecule has 3 rings (SSSR count). The molecule has 8 heteroatoms. The number of aliphatic imine (C=N–C) groups is 1. The molecular weight excluding hydrogens is 538 g/mol. The number of rotatable bonds is 7. The average molecular weight is 569 g/mol. The zero-order chi connectivity index (χ0) is 19.1. The van der Waals surface area contributed by atoms with Gasteiger partial charge in [-0.05, 0) is 56.8 Å². The van der Waals surface area contributed by atoms with Gasteiger partial charge in [0.25, 0.3) is 0 Å². The van der Waals surface area contributed by atoms with Crippen molar-refractivity contribution in [1.82, 2.24) is 15.5 Å². The van der Waals surface area contributed by atoms with Crippen molar-refractivity contribution in [1.29, 1.82) is 0 Å². The Kier molecular flexibility index (Phi) is 10.5. The van der Waals surface area contributed by atoms with E-state index in [-0.39, 0.29) is 35.9 Å². The minimum Gasteiger partial charge on any atom is -0.373 e. The Labute approximate surface area is 193 Å². The predicted octanol–water partition coefficient (Wildman–Crippen LogP) is 3.56. The van der Waals surface area contributed by atoms with Crippen molar-refractivity contribution in [3.05, 3.63) is 34.1 Å². The van der Waals surface area contributed by atoms with Crippen molar-refractivity contribution in [2.24, 2.45) is 4.99 Å². The minimum atomic E-state index is -0.153. The largest absolute Gasteiger partial charge is 0.373 e. The SMILES string of the molecule is CCNC(=NCC1CN2CCCC2CO1)NCCCc1ccc(Br)cc1F.I. The molecule has 5 nitrogen and oxygen atoms in total. The first kappa shape index (κ1) is 23.8. The van der Waals surface area contributed by atoms with Crippen LogP contribution in [0.2, 0.25) is 0 Å². The Morgan fingerprint density at radius 3 is 3.04 bits per heavy atom. The lowest BCUT2D eigenvalue weighted by Crippen LogP contribution is -2.47. The minimum absolute atomic E-state index is 0. The van der Waals surface area contributed by atoms with E-state index in [1.54, 1.807) is 0 Å². The number of hydrogen-bond acceptors (Lipinski definition) is 3. The van der Waals surface area contributed by atoms with Crippen LogP contribution in [0, 0.1) is 5.82 Å². The number of halogens is 3. The standard InChI is InChI=1S/C20H30BrFN4O.HI/c1-2-23-20(24-9-3-5-15-7-8-16(21)11-19(15)22)25-12-18-13-26-10-4-6-17(26)14-27-18;/h7-8,11,17-18H,2-6,9-10,12-14H2,1H3,(H2,23,24,25);1H. The molecule has 2 atom stereocenters. The summed E-state index contributed by atoms with van der Waals surface area (Å²) in [5.74, 6) is 0.653. The molecule has 2 heterocycles. The first-order chi connectivity index (χ1) is 13.2. The molecule has 2 fully saturated rings. The summed E-state index contributed by atoms with van der Waals surface area (Å²) < 4.78 is 20.6. The number of morpholine rings is 1. The summed E-state index contributed by atoms with van der Waals surface area (Å²) in [4.78, 5) is 7.23. The van der Waals surface area contributed by atoms with E-state index < -0.39 is 0 Å². The van der Waals surface area contributed by atoms with E-state index >= 15 is 0 Å². The van der Waals surface area contributed by atoms with Crippen LogP contribution in [0.5, 0.6) is 0 Å². The lowest BCUT2D eigenvalue weighted by Gasteiger charge is -2.34. The van der Waals surface area contributed by atoms with Gasteiger partial charge in [0.2, 0.25) is 0 Å². The summed E-state index contributed by atoms with van der Waals surface area (Å²) >= 11 is 3.29. The maximum atomic E-state index is 13.9. The van der Waals surface area contributed by atoms with Gasteiger partial charge < -0.3 is 15.4 Å². The number of nitrogens with zero attached hydrogens (tertiary/aromatic N) is 2. The van der Waals surface area contributed by atoms with Gasteiger partial charge in [0.15, 0.2) is 5.96 Å². The molecule has 0 aliphatic carbocycles. The molecule has 1 aromatic rings. The Morgan fingerprint density at radius 1 is 1.39 bits per heavy atom. The Morgan fingerprint density at radius 2 is 2.25 bits per heavy atom. The summed E-state index contributed by atoms with van der Waals surface area (Å²) in [5.41, 5.74) is 0.748. The lowest BCUT2D eigenvalue weighted by molar-refractivity contribution is -0.0432. The highest BCUT2D eigenvalue weighted by Crippen LogP contribution is 2.22. The monoisotopic (exact) mass is 568 g/mol. The van der Waals surface area contributed by atoms with Crippen LogP contribution in [0.3, 0.4) is 0 Å². The number of nitrogens with one attached hydrogen (secondary N) is 2. The first-order valence-electron chi connectivity index (χ1n) is 9.97. The van der Waals surface area contributed by atoms with Crippen LogP contribution in [0.15, 0.2) is 27.7 Å². The van der Waals surface area contributed by atoms with Gasteiger partial charge in [-0.3, -0.25) is 9.89 Å². The fourth-order valence-electron chi connectivity index (χ4n) is 3.74. The number of fused-ring (bicyclic) bond motifs is 1. The Hall–Kier alpha value is -0.450. The molecule has 1 aromatic carbocycles. The number of hydrogen-bond donors (Lipinski definition) is 2. The van der Waals surface area contributed by atoms with Crippen LogP contribution in [-0.4, -0.2) is 62.3 Å². The van der Waals surface area contributed by atoms with E-state index in [1.165, 1.54) is 25.5 Å². The number of benzene rings is 1. The number of guanidine groups is 1. The summed E-state index contributed by atoms with van der Waals surface area (Å²) in [6, 6.07) is 5.86. The first-order valence-corrected chi connectivity index (χ1v) is 10.8. The summed E-state index contributed by atoms with van der Waals surface area (Å²) in [5, 5.41) is 6.62. The molecule has 0 bridgehead atoms. The molecule has 0 saturated carbocycles. The van der Waals surface area contributed by atoms with Crippen molar-refractivity contribution >= 4 is 45.9 Å². The molecule has 2 saturated heterocycles. The number of ether oxygens (including phenoxy) is 1. The smallest absolute Gasteiger partial charge is 0.191 e. The maximum Gasteiger partial charge on any atom is 0.191 e. The molecule has 0 radical (unpaired) electrons. The van der Waals surface area contributed by atoms with Crippen molar-refractivity contribution in [3.8, 4) is 0 Å². The van der Waals surface area contributed by atoms with E-state index in [9.17, 15) is 4.39 Å². The van der Waals surface area contributed by atoms with Gasteiger partial charge in [-0.15, -0.1) is 24.0 Å². The van der Waals surface area contributed by atoms with Gasteiger partial charge in [0.1, 0.15) is 5.82 Å². The molecule has 28 heavy (non-hydrogen) atoms. The molecule has 2 aliphatic heterocycles. The van der Waals surface area contributed by atoms with Crippen LogP contribution in [0.4, 0.5) is 4.39 Å². The predicted molar refractivity (Wildman–Crippen MR) is 126 cm³/mol. The highest BCUT2D eigenvalue weighted by molar-refractivity contribution is 14.0. The topological polar surface area (TPSA) is 48.9 Å². The summed E-state index contributed by atoms with van der Waals surface area (Å²) in [6.45, 7) is 7.30. The maximum absolute atomic E-state index is 13.9. The average Bonchev–Trinajstić information content (AvgIpc) is 3.12. The van der Waals surface area contributed by atoms with Crippen LogP contribution < -0.4 is 10.6 Å². The fraction of sp³-hybridized carbons (Fsp3) is 0.650. The van der Waals surface area contributed by atoms with Gasteiger partial charge >= 0.3 is 0 Å². The summed E-state index contributed by atoms with van der Waals surface area (Å²) in [6.07, 6.45) is 4.27. The quantitative estimate of drug-likeness (QED) is 0.229. The second kappa shape index (κ2) is 12.3. The Bertz CT molecular complexity index is 649. The summed E-state index contributed by atoms with van der Waals surface area (Å²) in [7, 11) is 0. The molecule has 0 spiro atoms. The van der Waals surface area contributed by atoms with Crippen LogP contribution >= 0.6 is 39.9 Å². The fourth-order valence-corrected chi connectivity index (χ4v) is 4.07. The Balaban J connectivity index is 0.00000280. The second-order valence-corrected chi connectivity index (χ2v) is 8.15.